The van der Waals surface area contributed by atoms with Gasteiger partial charge in [-0.25, -0.2) is 14.5 Å². The highest BCUT2D eigenvalue weighted by Crippen LogP contribution is 2.44. The van der Waals surface area contributed by atoms with Crippen LogP contribution in [-0.4, -0.2) is 51.5 Å². The van der Waals surface area contributed by atoms with Crippen LogP contribution in [-0.2, 0) is 4.79 Å². The number of aliphatic carboxylic acids is 1. The molecule has 0 radical (unpaired) electrons. The number of aromatic nitrogens is 3. The van der Waals surface area contributed by atoms with Crippen LogP contribution < -0.4 is 15.5 Å². The third-order valence-electron chi connectivity index (χ3n) is 6.25. The maximum absolute atomic E-state index is 12.0. The number of rotatable bonds is 9. The van der Waals surface area contributed by atoms with Crippen LogP contribution in [0.4, 0.5) is 11.4 Å². The molecule has 1 aliphatic rings. The number of carbonyl (C=O) groups is 1. The molecule has 2 aromatic carbocycles. The molecule has 1 fully saturated rings. The van der Waals surface area contributed by atoms with Gasteiger partial charge in [0, 0.05) is 29.8 Å². The quantitative estimate of drug-likeness (QED) is 0.172. The van der Waals surface area contributed by atoms with Gasteiger partial charge in [-0.15, -0.1) is 0 Å². The van der Waals surface area contributed by atoms with E-state index in [-0.39, 0.29) is 18.2 Å². The Morgan fingerprint density at radius 1 is 1.22 bits per heavy atom. The summed E-state index contributed by atoms with van der Waals surface area (Å²) in [5.74, 6) is -0.741. The Balaban J connectivity index is 1.45. The van der Waals surface area contributed by atoms with Gasteiger partial charge in [0.15, 0.2) is 6.04 Å². The molecule has 0 amide bonds. The van der Waals surface area contributed by atoms with E-state index in [1.165, 1.54) is 21.4 Å². The molecule has 2 atom stereocenters. The van der Waals surface area contributed by atoms with Gasteiger partial charge >= 0.3 is 11.7 Å². The number of para-hydroxylation sites is 1. The summed E-state index contributed by atoms with van der Waals surface area (Å²) in [6.45, 7) is 6.69. The number of hydrogen-bond acceptors (Lipinski definition) is 4. The van der Waals surface area contributed by atoms with Crippen LogP contribution >= 0.6 is 12.2 Å². The summed E-state index contributed by atoms with van der Waals surface area (Å²) in [6.07, 6.45) is 1.08. The SMILES string of the molecule is Cc1cccc(C)c1[N+]1(CCCNc2cccc(-n3c(=O)[nH][nH]c3=S)c2)CC1CC(=O)O. The Hall–Kier alpha value is -3.17. The third kappa shape index (κ3) is 4.26. The van der Waals surface area contributed by atoms with Crippen molar-refractivity contribution in [3.8, 4) is 5.69 Å². The fourth-order valence-electron chi connectivity index (χ4n) is 4.83. The highest BCUT2D eigenvalue weighted by atomic mass is 32.1. The normalized spacial score (nSPS) is 19.6. The average molecular weight is 455 g/mol. The zero-order valence-electron chi connectivity index (χ0n) is 18.2. The minimum absolute atomic E-state index is 0.123. The monoisotopic (exact) mass is 454 g/mol. The van der Waals surface area contributed by atoms with Gasteiger partial charge in [-0.05, 0) is 44.3 Å². The average Bonchev–Trinajstić information content (AvgIpc) is 3.30. The molecule has 9 heteroatoms. The topological polar surface area (TPSA) is 103 Å². The molecular formula is C23H28N5O3S+. The Morgan fingerprint density at radius 2 is 1.94 bits per heavy atom. The Bertz CT molecular complexity index is 1210. The van der Waals surface area contributed by atoms with Gasteiger partial charge in [-0.1, -0.05) is 24.3 Å². The lowest BCUT2D eigenvalue weighted by molar-refractivity contribution is -0.137. The number of carboxylic acids is 1. The first kappa shape index (κ1) is 22.0. The second-order valence-corrected chi connectivity index (χ2v) is 8.85. The molecule has 8 nitrogen and oxygen atoms in total. The van der Waals surface area contributed by atoms with Crippen molar-refractivity contribution in [1.82, 2.24) is 19.2 Å². The number of anilines is 1. The van der Waals surface area contributed by atoms with Crippen LogP contribution in [0.2, 0.25) is 0 Å². The van der Waals surface area contributed by atoms with Crippen molar-refractivity contribution in [3.63, 3.8) is 0 Å². The summed E-state index contributed by atoms with van der Waals surface area (Å²) in [5.41, 5.74) is 4.98. The third-order valence-corrected chi connectivity index (χ3v) is 6.53. The summed E-state index contributed by atoms with van der Waals surface area (Å²) in [5, 5.41) is 17.9. The van der Waals surface area contributed by atoms with Gasteiger partial charge in [-0.3, -0.25) is 14.4 Å². The maximum atomic E-state index is 12.0. The predicted octanol–water partition coefficient (Wildman–Crippen LogP) is 3.51. The van der Waals surface area contributed by atoms with E-state index in [1.807, 2.05) is 24.3 Å². The molecule has 4 rings (SSSR count). The Kier molecular flexibility index (Phi) is 6.03. The van der Waals surface area contributed by atoms with Gasteiger partial charge in [0.2, 0.25) is 4.77 Å². The molecule has 168 valence electrons. The molecule has 1 saturated heterocycles. The number of nitrogens with zero attached hydrogens (tertiary/aromatic N) is 2. The summed E-state index contributed by atoms with van der Waals surface area (Å²) in [7, 11) is 0. The molecule has 32 heavy (non-hydrogen) atoms. The summed E-state index contributed by atoms with van der Waals surface area (Å²) < 4.78 is 2.47. The van der Waals surface area contributed by atoms with Gasteiger partial charge in [-0.2, -0.15) is 0 Å². The molecule has 0 spiro atoms. The van der Waals surface area contributed by atoms with Crippen LogP contribution in [0.1, 0.15) is 24.0 Å². The molecule has 4 N–H and O–H groups in total. The first-order valence-electron chi connectivity index (χ1n) is 10.7. The van der Waals surface area contributed by atoms with Gasteiger partial charge in [0.25, 0.3) is 0 Å². The molecule has 0 saturated carbocycles. The Labute approximate surface area is 191 Å². The highest BCUT2D eigenvalue weighted by molar-refractivity contribution is 7.71. The van der Waals surface area contributed by atoms with E-state index < -0.39 is 5.97 Å². The first-order chi connectivity index (χ1) is 15.3. The van der Waals surface area contributed by atoms with E-state index in [0.29, 0.717) is 10.5 Å². The van der Waals surface area contributed by atoms with Crippen LogP contribution in [0.15, 0.2) is 47.3 Å². The minimum Gasteiger partial charge on any atom is -0.481 e. The van der Waals surface area contributed by atoms with Crippen LogP contribution in [0.5, 0.6) is 0 Å². The molecule has 2 heterocycles. The molecule has 0 aliphatic carbocycles. The minimum atomic E-state index is -0.741. The van der Waals surface area contributed by atoms with Crippen molar-refractivity contribution >= 4 is 29.6 Å². The fraction of sp³-hybridized carbons (Fsp3) is 0.348. The van der Waals surface area contributed by atoms with Crippen molar-refractivity contribution in [2.75, 3.05) is 25.0 Å². The van der Waals surface area contributed by atoms with E-state index in [1.54, 1.807) is 0 Å². The number of H-pyrrole nitrogens is 2. The van der Waals surface area contributed by atoms with Gasteiger partial charge in [0.1, 0.15) is 18.7 Å². The van der Waals surface area contributed by atoms with E-state index in [4.69, 9.17) is 12.2 Å². The maximum Gasteiger partial charge on any atom is 0.347 e. The molecular weight excluding hydrogens is 426 g/mol. The number of quaternary nitrogens is 1. The fourth-order valence-corrected chi connectivity index (χ4v) is 5.07. The van der Waals surface area contributed by atoms with Crippen LogP contribution in [0.25, 0.3) is 5.69 Å². The predicted molar refractivity (Wildman–Crippen MR) is 128 cm³/mol. The van der Waals surface area contributed by atoms with Crippen molar-refractivity contribution in [3.05, 3.63) is 68.8 Å². The summed E-state index contributed by atoms with van der Waals surface area (Å²) in [4.78, 5) is 23.3. The number of hydrogen-bond donors (Lipinski definition) is 4. The number of carboxylic acid groups (broad SMARTS) is 1. The number of aryl methyl sites for hydroxylation is 2. The van der Waals surface area contributed by atoms with Crippen molar-refractivity contribution in [2.45, 2.75) is 32.7 Å². The van der Waals surface area contributed by atoms with Crippen LogP contribution in [0.3, 0.4) is 0 Å². The first-order valence-corrected chi connectivity index (χ1v) is 11.1. The molecule has 0 bridgehead atoms. The van der Waals surface area contributed by atoms with E-state index >= 15 is 0 Å². The standard InChI is InChI=1S/C23H27N5O3S/c1-15-6-3-7-16(2)21(15)28(14-19(28)13-20(29)30)11-5-10-24-17-8-4-9-18(12-17)27-22(31)25-26-23(27)32/h3-4,6-9,12,19,24H,5,10-11,13-14H2,1-2H3,(H2-,25,26,29,30,31,32)/p+1. The largest absolute Gasteiger partial charge is 0.481 e. The van der Waals surface area contributed by atoms with Crippen molar-refractivity contribution in [1.29, 1.82) is 0 Å². The van der Waals surface area contributed by atoms with E-state index in [2.05, 4.69) is 47.6 Å². The lowest BCUT2D eigenvalue weighted by atomic mass is 10.1. The van der Waals surface area contributed by atoms with Gasteiger partial charge < -0.3 is 10.4 Å². The summed E-state index contributed by atoms with van der Waals surface area (Å²) >= 11 is 5.17. The number of benzene rings is 2. The molecule has 1 aromatic heterocycles. The molecule has 3 aromatic rings. The van der Waals surface area contributed by atoms with Gasteiger partial charge in [0.05, 0.1) is 12.2 Å². The van der Waals surface area contributed by atoms with E-state index in [0.717, 1.165) is 36.2 Å². The summed E-state index contributed by atoms with van der Waals surface area (Å²) in [6, 6.07) is 13.9. The Morgan fingerprint density at radius 3 is 2.59 bits per heavy atom. The second-order valence-electron chi connectivity index (χ2n) is 8.46. The lowest BCUT2D eigenvalue weighted by Gasteiger charge is -2.24. The highest BCUT2D eigenvalue weighted by Gasteiger charge is 2.58. The number of nitrogens with one attached hydrogen (secondary N) is 3. The zero-order chi connectivity index (χ0) is 22.9. The molecule has 2 unspecified atom stereocenters. The lowest BCUT2D eigenvalue weighted by Crippen LogP contribution is -2.34. The van der Waals surface area contributed by atoms with Crippen LogP contribution in [0, 0.1) is 18.6 Å². The number of aromatic amines is 2. The zero-order valence-corrected chi connectivity index (χ0v) is 19.0. The molecule has 1 aliphatic heterocycles. The smallest absolute Gasteiger partial charge is 0.347 e. The van der Waals surface area contributed by atoms with Crippen molar-refractivity contribution < 1.29 is 9.90 Å². The van der Waals surface area contributed by atoms with Crippen molar-refractivity contribution in [2.24, 2.45) is 0 Å². The van der Waals surface area contributed by atoms with E-state index in [9.17, 15) is 14.7 Å². The second kappa shape index (κ2) is 8.76.